The van der Waals surface area contributed by atoms with Crippen LogP contribution in [0.25, 0.3) is 0 Å². The Balaban J connectivity index is 1.64. The highest BCUT2D eigenvalue weighted by Crippen LogP contribution is 2.40. The number of hydrazone groups is 1. The molecule has 4 rings (SSSR count). The highest BCUT2D eigenvalue weighted by molar-refractivity contribution is 6.30. The first-order chi connectivity index (χ1) is 17.2. The Kier molecular flexibility index (Phi) is 6.70. The van der Waals surface area contributed by atoms with Gasteiger partial charge < -0.3 is 14.2 Å². The molecule has 0 aliphatic carbocycles. The molecule has 0 saturated heterocycles. The molecule has 184 valence electrons. The minimum absolute atomic E-state index is 0.101. The Morgan fingerprint density at radius 3 is 2.31 bits per heavy atom. The molecule has 3 aromatic carbocycles. The zero-order valence-electron chi connectivity index (χ0n) is 18.8. The van der Waals surface area contributed by atoms with Crippen molar-refractivity contribution in [3.63, 3.8) is 0 Å². The maximum atomic E-state index is 12.3. The first-order valence-electron chi connectivity index (χ1n) is 10.3. The van der Waals surface area contributed by atoms with Crippen LogP contribution in [0.2, 0.25) is 5.02 Å². The second kappa shape index (κ2) is 9.88. The van der Waals surface area contributed by atoms with Crippen molar-refractivity contribution in [2.75, 3.05) is 7.11 Å². The molecule has 1 heterocycles. The number of carbonyl (C=O) groups is 1. The van der Waals surface area contributed by atoms with Crippen LogP contribution < -0.4 is 9.47 Å². The lowest BCUT2D eigenvalue weighted by Gasteiger charge is -2.20. The van der Waals surface area contributed by atoms with Gasteiger partial charge in [0.05, 0.1) is 23.0 Å². The number of nitro benzene ring substituents is 2. The predicted molar refractivity (Wildman–Crippen MR) is 127 cm³/mol. The topological polar surface area (TPSA) is 147 Å². The van der Waals surface area contributed by atoms with Gasteiger partial charge in [0.2, 0.25) is 23.8 Å². The number of carbonyl (C=O) groups excluding carboxylic acids is 1. The number of amides is 1. The molecular formula is C23H17ClN4O8. The molecule has 0 saturated carbocycles. The minimum atomic E-state index is -0.912. The summed E-state index contributed by atoms with van der Waals surface area (Å²) in [5.74, 6) is -0.0958. The fourth-order valence-electron chi connectivity index (χ4n) is 3.38. The third-order valence-corrected chi connectivity index (χ3v) is 5.35. The number of ether oxygens (including phenoxy) is 3. The molecule has 36 heavy (non-hydrogen) atoms. The van der Waals surface area contributed by atoms with Gasteiger partial charge in [-0.25, -0.2) is 0 Å². The fraction of sp³-hybridized carbons (Fsp3) is 0.130. The molecule has 1 aliphatic heterocycles. The molecule has 0 N–H and O–H groups in total. The average Bonchev–Trinajstić information content (AvgIpc) is 3.30. The van der Waals surface area contributed by atoms with Crippen molar-refractivity contribution in [2.45, 2.75) is 13.2 Å². The van der Waals surface area contributed by atoms with E-state index in [2.05, 4.69) is 5.10 Å². The monoisotopic (exact) mass is 512 g/mol. The summed E-state index contributed by atoms with van der Waals surface area (Å²) in [6, 6.07) is 14.4. The van der Waals surface area contributed by atoms with Gasteiger partial charge in [0.25, 0.3) is 5.69 Å². The largest absolute Gasteiger partial charge is 0.493 e. The van der Waals surface area contributed by atoms with E-state index in [0.29, 0.717) is 16.1 Å². The van der Waals surface area contributed by atoms with Gasteiger partial charge in [0, 0.05) is 29.1 Å². The fourth-order valence-corrected chi connectivity index (χ4v) is 3.51. The van der Waals surface area contributed by atoms with E-state index in [1.165, 1.54) is 31.2 Å². The molecule has 13 heteroatoms. The molecule has 0 fully saturated rings. The highest BCUT2D eigenvalue weighted by atomic mass is 35.5. The third-order valence-electron chi connectivity index (χ3n) is 5.10. The van der Waals surface area contributed by atoms with E-state index < -0.39 is 27.4 Å². The van der Waals surface area contributed by atoms with Gasteiger partial charge in [-0.2, -0.15) is 5.01 Å². The number of methoxy groups -OCH3 is 1. The molecule has 1 amide bonds. The molecule has 1 aliphatic rings. The van der Waals surface area contributed by atoms with Crippen LogP contribution in [0.4, 0.5) is 11.4 Å². The van der Waals surface area contributed by atoms with Crippen molar-refractivity contribution >= 4 is 34.8 Å². The Hall–Kier alpha value is -4.71. The van der Waals surface area contributed by atoms with Crippen LogP contribution in [0, 0.1) is 20.2 Å². The Morgan fingerprint density at radius 2 is 1.69 bits per heavy atom. The second-order valence-corrected chi connectivity index (χ2v) is 7.86. The highest BCUT2D eigenvalue weighted by Gasteiger charge is 2.34. The van der Waals surface area contributed by atoms with E-state index in [9.17, 15) is 25.0 Å². The number of hydrogen-bond donors (Lipinski definition) is 0. The Labute approximate surface area is 208 Å². The number of benzene rings is 3. The van der Waals surface area contributed by atoms with E-state index in [-0.39, 0.29) is 29.1 Å². The predicted octanol–water partition coefficient (Wildman–Crippen LogP) is 5.20. The van der Waals surface area contributed by atoms with E-state index in [1.54, 1.807) is 30.3 Å². The zero-order valence-corrected chi connectivity index (χ0v) is 19.5. The van der Waals surface area contributed by atoms with Crippen LogP contribution >= 0.6 is 11.6 Å². The van der Waals surface area contributed by atoms with Crippen molar-refractivity contribution in [1.82, 2.24) is 5.01 Å². The van der Waals surface area contributed by atoms with Gasteiger partial charge in [0.1, 0.15) is 0 Å². The van der Waals surface area contributed by atoms with Crippen LogP contribution in [-0.4, -0.2) is 33.8 Å². The van der Waals surface area contributed by atoms with Gasteiger partial charge in [-0.15, -0.1) is 5.10 Å². The van der Waals surface area contributed by atoms with Crippen LogP contribution in [0.5, 0.6) is 17.2 Å². The number of hydrogen-bond acceptors (Lipinski definition) is 9. The molecule has 0 radical (unpaired) electrons. The first kappa shape index (κ1) is 24.4. The van der Waals surface area contributed by atoms with Crippen LogP contribution in [0.3, 0.4) is 0 Å². The van der Waals surface area contributed by atoms with E-state index in [1.807, 2.05) is 0 Å². The van der Waals surface area contributed by atoms with Crippen molar-refractivity contribution in [3.8, 4) is 17.2 Å². The van der Waals surface area contributed by atoms with E-state index in [4.69, 9.17) is 25.8 Å². The number of nitro groups is 2. The molecule has 12 nitrogen and oxygen atoms in total. The summed E-state index contributed by atoms with van der Waals surface area (Å²) < 4.78 is 17.0. The summed E-state index contributed by atoms with van der Waals surface area (Å²) in [6.07, 6.45) is -0.912. The number of non-ortho nitro benzene ring substituents is 1. The van der Waals surface area contributed by atoms with E-state index in [0.717, 1.165) is 18.2 Å². The Bertz CT molecular complexity index is 1390. The zero-order chi connectivity index (χ0) is 26.0. The van der Waals surface area contributed by atoms with Gasteiger partial charge in [-0.3, -0.25) is 25.0 Å². The molecule has 1 atom stereocenters. The first-order valence-corrected chi connectivity index (χ1v) is 10.7. The van der Waals surface area contributed by atoms with Gasteiger partial charge >= 0.3 is 5.69 Å². The molecule has 3 aromatic rings. The molecule has 0 spiro atoms. The molecular weight excluding hydrogens is 496 g/mol. The number of rotatable bonds is 7. The van der Waals surface area contributed by atoms with Crippen molar-refractivity contribution in [1.29, 1.82) is 0 Å². The van der Waals surface area contributed by atoms with Gasteiger partial charge in [0.15, 0.2) is 11.5 Å². The van der Waals surface area contributed by atoms with Crippen LogP contribution in [-0.2, 0) is 9.53 Å². The van der Waals surface area contributed by atoms with Gasteiger partial charge in [-0.1, -0.05) is 11.6 Å². The maximum absolute atomic E-state index is 12.3. The normalized spacial score (nSPS) is 14.6. The van der Waals surface area contributed by atoms with Crippen LogP contribution in [0.1, 0.15) is 24.3 Å². The van der Waals surface area contributed by atoms with Gasteiger partial charge in [-0.05, 0) is 48.5 Å². The summed E-state index contributed by atoms with van der Waals surface area (Å²) >= 11 is 5.94. The summed E-state index contributed by atoms with van der Waals surface area (Å²) in [4.78, 5) is 33.1. The summed E-state index contributed by atoms with van der Waals surface area (Å²) in [5.41, 5.74) is 0.0691. The SMILES string of the molecule is COc1cc([C@@H]2OC(c3ccc(Cl)cc3)=NN2C(C)=O)ccc1Oc1ccc([N+](=O)[O-])cc1[N+](=O)[O-]. The van der Waals surface area contributed by atoms with Crippen molar-refractivity contribution in [2.24, 2.45) is 5.10 Å². The minimum Gasteiger partial charge on any atom is -0.493 e. The number of halogens is 1. The standard InChI is InChI=1S/C23H17ClN4O8/c1-13(29)26-23(36-22(25-26)14-3-6-16(24)7-4-14)15-5-9-20(21(11-15)34-2)35-19-10-8-17(27(30)31)12-18(19)28(32)33/h3-12,23H,1-2H3/t23-/m0/s1. The Morgan fingerprint density at radius 1 is 1.00 bits per heavy atom. The summed E-state index contributed by atoms with van der Waals surface area (Å²) in [5, 5.41) is 28.4. The lowest BCUT2D eigenvalue weighted by molar-refractivity contribution is -0.394. The van der Waals surface area contributed by atoms with Crippen molar-refractivity contribution < 1.29 is 28.9 Å². The second-order valence-electron chi connectivity index (χ2n) is 7.42. The maximum Gasteiger partial charge on any atom is 0.318 e. The summed E-state index contributed by atoms with van der Waals surface area (Å²) in [6.45, 7) is 1.34. The third kappa shape index (κ3) is 4.88. The van der Waals surface area contributed by atoms with Crippen LogP contribution in [0.15, 0.2) is 65.8 Å². The molecule has 0 bridgehead atoms. The lowest BCUT2D eigenvalue weighted by Crippen LogP contribution is -2.25. The molecule has 0 aromatic heterocycles. The van der Waals surface area contributed by atoms with E-state index >= 15 is 0 Å². The lowest BCUT2D eigenvalue weighted by atomic mass is 10.1. The quantitative estimate of drug-likeness (QED) is 0.310. The average molecular weight is 513 g/mol. The van der Waals surface area contributed by atoms with Crippen molar-refractivity contribution in [3.05, 3.63) is 97.0 Å². The smallest absolute Gasteiger partial charge is 0.318 e. The molecule has 0 unspecified atom stereocenters. The summed E-state index contributed by atoms with van der Waals surface area (Å²) in [7, 11) is 1.37. The number of nitrogens with zero attached hydrogens (tertiary/aromatic N) is 4.